The molecule has 0 bridgehead atoms. The van der Waals surface area contributed by atoms with E-state index < -0.39 is 0 Å². The Morgan fingerprint density at radius 3 is 1.75 bits per heavy atom. The van der Waals surface area contributed by atoms with Gasteiger partial charge in [0.05, 0.1) is 0 Å². The molecule has 2 nitrogen and oxygen atoms in total. The third kappa shape index (κ3) is 2.55. The number of aryl methyl sites for hydroxylation is 2. The second-order valence-corrected chi connectivity index (χ2v) is 2.79. The van der Waals surface area contributed by atoms with Crippen LogP contribution in [0.1, 0.15) is 25.0 Å². The van der Waals surface area contributed by atoms with Crippen molar-refractivity contribution in [2.75, 3.05) is 5.73 Å². The predicted molar refractivity (Wildman–Crippen MR) is 53.2 cm³/mol. The second-order valence-electron chi connectivity index (χ2n) is 2.79. The maximum atomic E-state index is 5.71. The second kappa shape index (κ2) is 4.78. The molecule has 0 saturated carbocycles. The van der Waals surface area contributed by atoms with Gasteiger partial charge in [-0.3, -0.25) is 0 Å². The molecular formula is C10H17NO. The molecule has 12 heavy (non-hydrogen) atoms. The first kappa shape index (κ1) is 11.0. The molecule has 1 aromatic rings. The van der Waals surface area contributed by atoms with E-state index in [-0.39, 0.29) is 5.48 Å². The van der Waals surface area contributed by atoms with Crippen molar-refractivity contribution in [1.82, 2.24) is 0 Å². The van der Waals surface area contributed by atoms with Crippen LogP contribution < -0.4 is 5.73 Å². The molecule has 0 spiro atoms. The van der Waals surface area contributed by atoms with Gasteiger partial charge >= 0.3 is 0 Å². The number of rotatable bonds is 2. The molecule has 0 aliphatic carbocycles. The zero-order valence-corrected chi connectivity index (χ0v) is 7.72. The maximum absolute atomic E-state index is 5.71. The molecular weight excluding hydrogens is 150 g/mol. The Morgan fingerprint density at radius 2 is 1.42 bits per heavy atom. The molecule has 0 radical (unpaired) electrons. The average molecular weight is 167 g/mol. The summed E-state index contributed by atoms with van der Waals surface area (Å²) in [5.74, 6) is 0. The van der Waals surface area contributed by atoms with Crippen molar-refractivity contribution in [2.24, 2.45) is 0 Å². The first-order chi connectivity index (χ1) is 5.26. The van der Waals surface area contributed by atoms with Gasteiger partial charge in [-0.15, -0.1) is 0 Å². The summed E-state index contributed by atoms with van der Waals surface area (Å²) in [6.07, 6.45) is 2.13. The Balaban J connectivity index is 0.00000121. The molecule has 0 amide bonds. The lowest BCUT2D eigenvalue weighted by molar-refractivity contribution is 0.824. The molecule has 0 unspecified atom stereocenters. The molecule has 0 heterocycles. The molecule has 2 heteroatoms. The fourth-order valence-electron chi connectivity index (χ4n) is 1.20. The smallest absolute Gasteiger partial charge is 0.0319 e. The predicted octanol–water partition coefficient (Wildman–Crippen LogP) is 1.57. The van der Waals surface area contributed by atoms with Crippen molar-refractivity contribution in [3.63, 3.8) is 0 Å². The zero-order chi connectivity index (χ0) is 8.27. The van der Waals surface area contributed by atoms with Gasteiger partial charge in [-0.05, 0) is 36.1 Å². The number of hydrogen-bond donors (Lipinski definition) is 1. The number of nitrogen functional groups attached to an aromatic ring is 1. The van der Waals surface area contributed by atoms with E-state index in [9.17, 15) is 0 Å². The van der Waals surface area contributed by atoms with E-state index in [1.807, 2.05) is 12.1 Å². The highest BCUT2D eigenvalue weighted by atomic mass is 16.0. The normalized spacial score (nSPS) is 9.17. The van der Waals surface area contributed by atoms with Crippen LogP contribution in [-0.2, 0) is 12.8 Å². The minimum absolute atomic E-state index is 0. The van der Waals surface area contributed by atoms with E-state index in [0.29, 0.717) is 0 Å². The third-order valence-corrected chi connectivity index (χ3v) is 1.89. The Morgan fingerprint density at radius 1 is 1.00 bits per heavy atom. The first-order valence-electron chi connectivity index (χ1n) is 4.14. The van der Waals surface area contributed by atoms with Crippen molar-refractivity contribution in [2.45, 2.75) is 26.7 Å². The van der Waals surface area contributed by atoms with Gasteiger partial charge < -0.3 is 11.2 Å². The van der Waals surface area contributed by atoms with Crippen LogP contribution in [0.2, 0.25) is 0 Å². The molecule has 0 fully saturated rings. The van der Waals surface area contributed by atoms with Crippen LogP contribution in [0.5, 0.6) is 0 Å². The van der Waals surface area contributed by atoms with Crippen LogP contribution >= 0.6 is 0 Å². The van der Waals surface area contributed by atoms with Gasteiger partial charge in [0.25, 0.3) is 0 Å². The summed E-state index contributed by atoms with van der Waals surface area (Å²) >= 11 is 0. The van der Waals surface area contributed by atoms with E-state index in [1.54, 1.807) is 0 Å². The van der Waals surface area contributed by atoms with E-state index in [4.69, 9.17) is 5.73 Å². The van der Waals surface area contributed by atoms with Crippen LogP contribution in [0, 0.1) is 0 Å². The van der Waals surface area contributed by atoms with Gasteiger partial charge in [0.2, 0.25) is 0 Å². The largest absolute Gasteiger partial charge is 0.412 e. The summed E-state index contributed by atoms with van der Waals surface area (Å²) < 4.78 is 0. The average Bonchev–Trinajstić information content (AvgIpc) is 2.03. The monoisotopic (exact) mass is 167 g/mol. The highest BCUT2D eigenvalue weighted by Gasteiger charge is 1.94. The minimum atomic E-state index is 0. The van der Waals surface area contributed by atoms with Crippen LogP contribution in [0.4, 0.5) is 5.69 Å². The Hall–Kier alpha value is -1.02. The lowest BCUT2D eigenvalue weighted by Crippen LogP contribution is -1.91. The molecule has 1 rings (SSSR count). The van der Waals surface area contributed by atoms with E-state index in [0.717, 1.165) is 18.5 Å². The zero-order valence-electron chi connectivity index (χ0n) is 7.72. The van der Waals surface area contributed by atoms with Gasteiger partial charge in [0.15, 0.2) is 0 Å². The summed E-state index contributed by atoms with van der Waals surface area (Å²) in [6, 6.07) is 6.30. The summed E-state index contributed by atoms with van der Waals surface area (Å²) in [7, 11) is 0. The van der Waals surface area contributed by atoms with Crippen molar-refractivity contribution in [3.05, 3.63) is 29.3 Å². The molecule has 1 aromatic carbocycles. The Bertz CT molecular complexity index is 223. The standard InChI is InChI=1S/C10H15N.H2O/c1-3-8-5-9(4-2)7-10(11)6-8;/h5-7H,3-4,11H2,1-2H3;1H2. The van der Waals surface area contributed by atoms with Gasteiger partial charge in [0.1, 0.15) is 0 Å². The fourth-order valence-corrected chi connectivity index (χ4v) is 1.20. The third-order valence-electron chi connectivity index (χ3n) is 1.89. The molecule has 0 atom stereocenters. The highest BCUT2D eigenvalue weighted by molar-refractivity contribution is 5.44. The number of benzene rings is 1. The fraction of sp³-hybridized carbons (Fsp3) is 0.400. The summed E-state index contributed by atoms with van der Waals surface area (Å²) in [5, 5.41) is 0. The van der Waals surface area contributed by atoms with Gasteiger partial charge in [-0.25, -0.2) is 0 Å². The molecule has 68 valence electrons. The Kier molecular flexibility index (Phi) is 4.37. The topological polar surface area (TPSA) is 57.5 Å². The maximum Gasteiger partial charge on any atom is 0.0319 e. The Labute approximate surface area is 73.7 Å². The number of hydrogen-bond acceptors (Lipinski definition) is 1. The first-order valence-corrected chi connectivity index (χ1v) is 4.14. The van der Waals surface area contributed by atoms with Crippen LogP contribution in [0.3, 0.4) is 0 Å². The lowest BCUT2D eigenvalue weighted by Gasteiger charge is -2.02. The molecule has 4 N–H and O–H groups in total. The van der Waals surface area contributed by atoms with E-state index in [1.165, 1.54) is 11.1 Å². The van der Waals surface area contributed by atoms with Crippen LogP contribution in [0.25, 0.3) is 0 Å². The van der Waals surface area contributed by atoms with Gasteiger partial charge in [0, 0.05) is 5.69 Å². The quantitative estimate of drug-likeness (QED) is 0.668. The SMILES string of the molecule is CCc1cc(N)cc(CC)c1.O. The highest BCUT2D eigenvalue weighted by Crippen LogP contribution is 2.12. The minimum Gasteiger partial charge on any atom is -0.412 e. The number of nitrogens with two attached hydrogens (primary N) is 1. The van der Waals surface area contributed by atoms with E-state index >= 15 is 0 Å². The van der Waals surface area contributed by atoms with Crippen LogP contribution in [-0.4, -0.2) is 5.48 Å². The van der Waals surface area contributed by atoms with Crippen molar-refractivity contribution in [3.8, 4) is 0 Å². The molecule has 0 aromatic heterocycles. The summed E-state index contributed by atoms with van der Waals surface area (Å²) in [4.78, 5) is 0. The van der Waals surface area contributed by atoms with Crippen molar-refractivity contribution < 1.29 is 5.48 Å². The van der Waals surface area contributed by atoms with E-state index in [2.05, 4.69) is 19.9 Å². The summed E-state index contributed by atoms with van der Waals surface area (Å²) in [6.45, 7) is 4.29. The van der Waals surface area contributed by atoms with Gasteiger partial charge in [-0.2, -0.15) is 0 Å². The van der Waals surface area contributed by atoms with Crippen molar-refractivity contribution in [1.29, 1.82) is 0 Å². The van der Waals surface area contributed by atoms with Gasteiger partial charge in [-0.1, -0.05) is 19.9 Å². The van der Waals surface area contributed by atoms with Crippen molar-refractivity contribution >= 4 is 5.69 Å². The van der Waals surface area contributed by atoms with Crippen LogP contribution in [0.15, 0.2) is 18.2 Å². The summed E-state index contributed by atoms with van der Waals surface area (Å²) in [5.41, 5.74) is 9.27. The molecule has 0 saturated heterocycles. The molecule has 0 aliphatic rings. The number of anilines is 1. The lowest BCUT2D eigenvalue weighted by atomic mass is 10.1. The molecule has 0 aliphatic heterocycles.